The highest BCUT2D eigenvalue weighted by atomic mass is 32.2. The number of benzene rings is 1. The molecule has 1 heterocycles. The number of hydrogen-bond acceptors (Lipinski definition) is 6. The van der Waals surface area contributed by atoms with Gasteiger partial charge in [-0.2, -0.15) is 4.98 Å². The maximum atomic E-state index is 13.0. The monoisotopic (exact) mass is 286 g/mol. The van der Waals surface area contributed by atoms with Crippen LogP contribution in [-0.2, 0) is 16.4 Å². The molecule has 0 saturated heterocycles. The van der Waals surface area contributed by atoms with Crippen LogP contribution in [0.25, 0.3) is 0 Å². The number of nitrogens with zero attached hydrogens (tertiary/aromatic N) is 2. The number of nitrogens with one attached hydrogen (secondary N) is 1. The van der Waals surface area contributed by atoms with Gasteiger partial charge in [-0.3, -0.25) is 0 Å². The van der Waals surface area contributed by atoms with E-state index in [9.17, 15) is 12.8 Å². The fourth-order valence-electron chi connectivity index (χ4n) is 1.37. The van der Waals surface area contributed by atoms with Crippen LogP contribution in [0.4, 0.5) is 10.1 Å². The summed E-state index contributed by atoms with van der Waals surface area (Å²) < 4.78 is 43.7. The molecule has 0 bridgehead atoms. The normalized spacial score (nSPS) is 11.6. The van der Waals surface area contributed by atoms with Crippen molar-refractivity contribution in [1.82, 2.24) is 14.9 Å². The second-order valence-electron chi connectivity index (χ2n) is 3.67. The number of anilines is 1. The summed E-state index contributed by atoms with van der Waals surface area (Å²) >= 11 is 0. The average molecular weight is 286 g/mol. The fourth-order valence-corrected chi connectivity index (χ4v) is 2.44. The van der Waals surface area contributed by atoms with Gasteiger partial charge in [0, 0.05) is 13.0 Å². The van der Waals surface area contributed by atoms with E-state index in [1.807, 2.05) is 0 Å². The molecule has 2 aromatic rings. The molecule has 0 amide bonds. The highest BCUT2D eigenvalue weighted by molar-refractivity contribution is 7.89. The third-order valence-electron chi connectivity index (χ3n) is 2.32. The molecular formula is C10H11FN4O3S. The van der Waals surface area contributed by atoms with Crippen LogP contribution in [0.1, 0.15) is 5.89 Å². The smallest absolute Gasteiger partial charge is 0.240 e. The van der Waals surface area contributed by atoms with Crippen molar-refractivity contribution in [3.8, 4) is 0 Å². The Hall–Kier alpha value is -2.00. The van der Waals surface area contributed by atoms with E-state index in [4.69, 9.17) is 10.3 Å². The zero-order valence-electron chi connectivity index (χ0n) is 9.71. The molecule has 0 unspecified atom stereocenters. The van der Waals surface area contributed by atoms with Gasteiger partial charge in [-0.1, -0.05) is 5.16 Å². The van der Waals surface area contributed by atoms with Crippen molar-refractivity contribution in [1.29, 1.82) is 0 Å². The molecule has 3 N–H and O–H groups in total. The summed E-state index contributed by atoms with van der Waals surface area (Å²) in [6, 6.07) is 3.20. The molecule has 0 aliphatic rings. The molecule has 0 aliphatic heterocycles. The molecule has 0 saturated carbocycles. The largest absolute Gasteiger partial charge is 0.396 e. The Bertz CT molecular complexity index is 657. The third-order valence-corrected chi connectivity index (χ3v) is 3.77. The average Bonchev–Trinajstić information content (AvgIpc) is 2.85. The Labute approximate surface area is 108 Å². The van der Waals surface area contributed by atoms with Gasteiger partial charge in [-0.15, -0.1) is 0 Å². The molecule has 7 nitrogen and oxygen atoms in total. The summed E-state index contributed by atoms with van der Waals surface area (Å²) in [6.07, 6.45) is 1.49. The summed E-state index contributed by atoms with van der Waals surface area (Å²) in [6.45, 7) is 0.0851. The molecule has 0 fully saturated rings. The zero-order valence-corrected chi connectivity index (χ0v) is 10.5. The maximum absolute atomic E-state index is 13.0. The lowest BCUT2D eigenvalue weighted by molar-refractivity contribution is 0.377. The minimum absolute atomic E-state index is 0.0851. The number of hydrogen-bond donors (Lipinski definition) is 2. The number of nitrogen functional groups attached to an aromatic ring is 1. The molecule has 1 aromatic carbocycles. The SMILES string of the molecule is Nc1cc(S(=O)(=O)NCCc2ncno2)ccc1F. The number of sulfonamides is 1. The van der Waals surface area contributed by atoms with Gasteiger partial charge in [-0.05, 0) is 18.2 Å². The summed E-state index contributed by atoms with van der Waals surface area (Å²) in [4.78, 5) is 3.65. The van der Waals surface area contributed by atoms with E-state index < -0.39 is 15.8 Å². The van der Waals surface area contributed by atoms with Crippen molar-refractivity contribution < 1.29 is 17.3 Å². The number of aromatic nitrogens is 2. The van der Waals surface area contributed by atoms with Gasteiger partial charge < -0.3 is 10.3 Å². The molecule has 1 aromatic heterocycles. The molecule has 0 aliphatic carbocycles. The lowest BCUT2D eigenvalue weighted by atomic mass is 10.3. The first-order chi connectivity index (χ1) is 8.99. The maximum Gasteiger partial charge on any atom is 0.240 e. The van der Waals surface area contributed by atoms with Gasteiger partial charge in [-0.25, -0.2) is 17.5 Å². The molecule has 2 rings (SSSR count). The van der Waals surface area contributed by atoms with Gasteiger partial charge in [0.2, 0.25) is 15.9 Å². The van der Waals surface area contributed by atoms with E-state index in [2.05, 4.69) is 14.9 Å². The molecule has 0 radical (unpaired) electrons. The van der Waals surface area contributed by atoms with E-state index in [0.29, 0.717) is 5.89 Å². The number of nitrogens with two attached hydrogens (primary N) is 1. The second kappa shape index (κ2) is 5.33. The molecule has 102 valence electrons. The Balaban J connectivity index is 2.03. The molecule has 9 heteroatoms. The topological polar surface area (TPSA) is 111 Å². The third kappa shape index (κ3) is 3.26. The van der Waals surface area contributed by atoms with Crippen LogP contribution >= 0.6 is 0 Å². The highest BCUT2D eigenvalue weighted by Gasteiger charge is 2.15. The summed E-state index contributed by atoms with van der Waals surface area (Å²) in [5, 5.41) is 3.40. The van der Waals surface area contributed by atoms with Gasteiger partial charge in [0.05, 0.1) is 10.6 Å². The zero-order chi connectivity index (χ0) is 13.9. The van der Waals surface area contributed by atoms with Crippen LogP contribution in [0.3, 0.4) is 0 Å². The summed E-state index contributed by atoms with van der Waals surface area (Å²) in [7, 11) is -3.74. The summed E-state index contributed by atoms with van der Waals surface area (Å²) in [5.74, 6) is -0.342. The molecular weight excluding hydrogens is 275 g/mol. The van der Waals surface area contributed by atoms with Crippen LogP contribution in [0.5, 0.6) is 0 Å². The Morgan fingerprint density at radius 3 is 2.84 bits per heavy atom. The predicted molar refractivity (Wildman–Crippen MR) is 64.0 cm³/mol. The number of halogens is 1. The first kappa shape index (κ1) is 13.4. The molecule has 0 atom stereocenters. The van der Waals surface area contributed by atoms with E-state index in [0.717, 1.165) is 18.2 Å². The molecule has 19 heavy (non-hydrogen) atoms. The van der Waals surface area contributed by atoms with Gasteiger partial charge >= 0.3 is 0 Å². The van der Waals surface area contributed by atoms with E-state index >= 15 is 0 Å². The van der Waals surface area contributed by atoms with E-state index in [-0.39, 0.29) is 23.5 Å². The van der Waals surface area contributed by atoms with Crippen LogP contribution in [0.15, 0.2) is 33.9 Å². The van der Waals surface area contributed by atoms with Crippen molar-refractivity contribution in [3.63, 3.8) is 0 Å². The minimum Gasteiger partial charge on any atom is -0.396 e. The van der Waals surface area contributed by atoms with Crippen LogP contribution in [0.2, 0.25) is 0 Å². The lowest BCUT2D eigenvalue weighted by Crippen LogP contribution is -2.26. The first-order valence-corrected chi connectivity index (χ1v) is 6.77. The van der Waals surface area contributed by atoms with Crippen LogP contribution in [0, 0.1) is 5.82 Å². The first-order valence-electron chi connectivity index (χ1n) is 5.29. The second-order valence-corrected chi connectivity index (χ2v) is 5.43. The van der Waals surface area contributed by atoms with Crippen molar-refractivity contribution in [2.24, 2.45) is 0 Å². The predicted octanol–water partition coefficient (Wildman–Crippen LogP) is 0.312. The standard InChI is InChI=1S/C10H11FN4O3S/c11-8-2-1-7(5-9(8)12)19(16,17)15-4-3-10-13-6-14-18-10/h1-2,5-6,15H,3-4,12H2. The Morgan fingerprint density at radius 2 is 2.21 bits per heavy atom. The van der Waals surface area contributed by atoms with Gasteiger partial charge in [0.15, 0.2) is 6.33 Å². The lowest BCUT2D eigenvalue weighted by Gasteiger charge is -2.06. The van der Waals surface area contributed by atoms with Crippen molar-refractivity contribution in [2.75, 3.05) is 12.3 Å². The Morgan fingerprint density at radius 1 is 1.42 bits per heavy atom. The minimum atomic E-state index is -3.74. The van der Waals surface area contributed by atoms with Crippen LogP contribution < -0.4 is 10.5 Å². The number of rotatable bonds is 5. The van der Waals surface area contributed by atoms with E-state index in [1.54, 1.807) is 0 Å². The van der Waals surface area contributed by atoms with Crippen molar-refractivity contribution in [2.45, 2.75) is 11.3 Å². The van der Waals surface area contributed by atoms with E-state index in [1.165, 1.54) is 6.33 Å². The van der Waals surface area contributed by atoms with Gasteiger partial charge in [0.25, 0.3) is 0 Å². The quantitative estimate of drug-likeness (QED) is 0.765. The van der Waals surface area contributed by atoms with Crippen LogP contribution in [-0.4, -0.2) is 25.1 Å². The van der Waals surface area contributed by atoms with Crippen molar-refractivity contribution >= 4 is 15.7 Å². The fraction of sp³-hybridized carbons (Fsp3) is 0.200. The highest BCUT2D eigenvalue weighted by Crippen LogP contribution is 2.16. The van der Waals surface area contributed by atoms with Gasteiger partial charge in [0.1, 0.15) is 5.82 Å². The molecule has 0 spiro atoms. The summed E-state index contributed by atoms with van der Waals surface area (Å²) in [5.41, 5.74) is 5.10. The van der Waals surface area contributed by atoms with Crippen molar-refractivity contribution in [3.05, 3.63) is 36.2 Å². The Kier molecular flexibility index (Phi) is 3.76.